The van der Waals surface area contributed by atoms with Crippen LogP contribution in [0.2, 0.25) is 0 Å². The third kappa shape index (κ3) is 5.59. The van der Waals surface area contributed by atoms with Gasteiger partial charge in [0.1, 0.15) is 6.07 Å². The number of nitrogens with zero attached hydrogens (tertiary/aromatic N) is 1. The summed E-state index contributed by atoms with van der Waals surface area (Å²) < 4.78 is 32.4. The third-order valence-electron chi connectivity index (χ3n) is 3.64. The summed E-state index contributed by atoms with van der Waals surface area (Å²) in [6.45, 7) is 5.60. The lowest BCUT2D eigenvalue weighted by Crippen LogP contribution is -2.13. The van der Waals surface area contributed by atoms with Gasteiger partial charge >= 0.3 is 5.97 Å². The Hall–Kier alpha value is -3.31. The molecule has 0 heterocycles. The number of esters is 1. The van der Waals surface area contributed by atoms with Gasteiger partial charge < -0.3 is 10.1 Å². The van der Waals surface area contributed by atoms with E-state index in [-0.39, 0.29) is 17.1 Å². The Morgan fingerprint density at radius 1 is 1.11 bits per heavy atom. The van der Waals surface area contributed by atoms with E-state index in [2.05, 4.69) is 10.0 Å². The number of hydrogen-bond donors (Lipinski definition) is 2. The van der Waals surface area contributed by atoms with Gasteiger partial charge in [-0.2, -0.15) is 5.26 Å². The van der Waals surface area contributed by atoms with Gasteiger partial charge in [0.25, 0.3) is 10.0 Å². The molecular formula is C20H21N3O4S. The van der Waals surface area contributed by atoms with Gasteiger partial charge in [-0.1, -0.05) is 6.07 Å². The second kappa shape index (κ2) is 9.06. The summed E-state index contributed by atoms with van der Waals surface area (Å²) in [5, 5.41) is 11.8. The Balaban J connectivity index is 2.14. The molecule has 0 atom stereocenters. The lowest BCUT2D eigenvalue weighted by molar-refractivity contribution is -0.138. The Morgan fingerprint density at radius 3 is 2.25 bits per heavy atom. The van der Waals surface area contributed by atoms with Gasteiger partial charge in [0.05, 0.1) is 11.5 Å². The van der Waals surface area contributed by atoms with E-state index in [9.17, 15) is 13.2 Å². The molecule has 28 heavy (non-hydrogen) atoms. The number of carbonyl (C=O) groups excluding carboxylic acids is 1. The van der Waals surface area contributed by atoms with Gasteiger partial charge in [0.15, 0.2) is 5.57 Å². The maximum Gasteiger partial charge on any atom is 0.350 e. The average molecular weight is 399 g/mol. The Kier molecular flexibility index (Phi) is 6.79. The first-order valence-electron chi connectivity index (χ1n) is 8.50. The smallest absolute Gasteiger partial charge is 0.350 e. The van der Waals surface area contributed by atoms with Crippen molar-refractivity contribution in [2.24, 2.45) is 0 Å². The standard InChI is InChI=1S/C20H21N3O4S/c1-4-27-20(24)16(12-21)13-22-17-5-7-19(8-6-17)28(25,26)23-18-10-14(2)9-15(3)11-18/h5-11,13,22-23H,4H2,1-3H3/b16-13+. The van der Waals surface area contributed by atoms with Crippen molar-refractivity contribution in [3.63, 3.8) is 0 Å². The summed E-state index contributed by atoms with van der Waals surface area (Å²) in [5.41, 5.74) is 2.74. The minimum Gasteiger partial charge on any atom is -0.462 e. The molecular weight excluding hydrogens is 378 g/mol. The molecule has 0 spiro atoms. The largest absolute Gasteiger partial charge is 0.462 e. The molecule has 146 valence electrons. The molecule has 0 fully saturated rings. The lowest BCUT2D eigenvalue weighted by Gasteiger charge is -2.10. The van der Waals surface area contributed by atoms with Crippen molar-refractivity contribution in [2.45, 2.75) is 25.7 Å². The minimum absolute atomic E-state index is 0.0899. The maximum atomic E-state index is 12.6. The number of nitrogens with one attached hydrogen (secondary N) is 2. The fourth-order valence-electron chi connectivity index (χ4n) is 2.48. The molecule has 0 aliphatic heterocycles. The Morgan fingerprint density at radius 2 is 1.71 bits per heavy atom. The summed E-state index contributed by atoms with van der Waals surface area (Å²) >= 11 is 0. The topological polar surface area (TPSA) is 108 Å². The van der Waals surface area contributed by atoms with Gasteiger partial charge in [0, 0.05) is 17.6 Å². The van der Waals surface area contributed by atoms with E-state index in [4.69, 9.17) is 10.00 Å². The van der Waals surface area contributed by atoms with E-state index < -0.39 is 16.0 Å². The number of sulfonamides is 1. The third-order valence-corrected chi connectivity index (χ3v) is 5.03. The van der Waals surface area contributed by atoms with E-state index in [1.165, 1.54) is 30.5 Å². The Labute approximate surface area is 164 Å². The van der Waals surface area contributed by atoms with Gasteiger partial charge in [-0.15, -0.1) is 0 Å². The zero-order valence-electron chi connectivity index (χ0n) is 15.8. The van der Waals surface area contributed by atoms with Crippen LogP contribution in [0.1, 0.15) is 18.1 Å². The van der Waals surface area contributed by atoms with Crippen LogP contribution in [0.5, 0.6) is 0 Å². The number of aryl methyl sites for hydroxylation is 2. The predicted molar refractivity (Wildman–Crippen MR) is 107 cm³/mol. The number of nitriles is 1. The molecule has 0 bridgehead atoms. The van der Waals surface area contributed by atoms with Crippen LogP contribution in [0.4, 0.5) is 11.4 Å². The molecule has 8 heteroatoms. The monoisotopic (exact) mass is 399 g/mol. The summed E-state index contributed by atoms with van der Waals surface area (Å²) in [5.74, 6) is -0.727. The van der Waals surface area contributed by atoms with Crippen molar-refractivity contribution in [2.75, 3.05) is 16.6 Å². The SMILES string of the molecule is CCOC(=O)/C(C#N)=C/Nc1ccc(S(=O)(=O)Nc2cc(C)cc(C)c2)cc1. The highest BCUT2D eigenvalue weighted by Gasteiger charge is 2.14. The van der Waals surface area contributed by atoms with Crippen molar-refractivity contribution in [1.82, 2.24) is 0 Å². The molecule has 0 radical (unpaired) electrons. The highest BCUT2D eigenvalue weighted by atomic mass is 32.2. The number of ether oxygens (including phenoxy) is 1. The van der Waals surface area contributed by atoms with Crippen molar-refractivity contribution in [3.05, 3.63) is 65.4 Å². The van der Waals surface area contributed by atoms with Crippen molar-refractivity contribution >= 4 is 27.4 Å². The zero-order chi connectivity index (χ0) is 20.7. The van der Waals surface area contributed by atoms with Crippen LogP contribution < -0.4 is 10.0 Å². The first-order valence-corrected chi connectivity index (χ1v) is 9.98. The predicted octanol–water partition coefficient (Wildman–Crippen LogP) is 3.49. The summed E-state index contributed by atoms with van der Waals surface area (Å²) in [6, 6.07) is 13.1. The van der Waals surface area contributed by atoms with Crippen LogP contribution in [-0.4, -0.2) is 21.0 Å². The first-order chi connectivity index (χ1) is 13.2. The minimum atomic E-state index is -3.74. The molecule has 0 aliphatic rings. The normalized spacial score (nSPS) is 11.4. The molecule has 0 amide bonds. The highest BCUT2D eigenvalue weighted by molar-refractivity contribution is 7.92. The molecule has 0 aliphatic carbocycles. The number of carbonyl (C=O) groups is 1. The summed E-state index contributed by atoms with van der Waals surface area (Å²) in [4.78, 5) is 11.7. The van der Waals surface area contributed by atoms with Crippen LogP contribution in [0.15, 0.2) is 59.1 Å². The van der Waals surface area contributed by atoms with Crippen LogP contribution in [0.3, 0.4) is 0 Å². The van der Waals surface area contributed by atoms with Crippen molar-refractivity contribution in [3.8, 4) is 6.07 Å². The summed E-state index contributed by atoms with van der Waals surface area (Å²) in [7, 11) is -3.74. The van der Waals surface area contributed by atoms with E-state index in [0.29, 0.717) is 11.4 Å². The molecule has 2 aromatic rings. The van der Waals surface area contributed by atoms with Crippen molar-refractivity contribution in [1.29, 1.82) is 5.26 Å². The van der Waals surface area contributed by atoms with Crippen molar-refractivity contribution < 1.29 is 17.9 Å². The second-order valence-corrected chi connectivity index (χ2v) is 7.72. The lowest BCUT2D eigenvalue weighted by atomic mass is 10.1. The molecule has 2 rings (SSSR count). The Bertz CT molecular complexity index is 1020. The molecule has 0 saturated heterocycles. The van der Waals surface area contributed by atoms with E-state index >= 15 is 0 Å². The van der Waals surface area contributed by atoms with Crippen LogP contribution in [0, 0.1) is 25.2 Å². The zero-order valence-corrected chi connectivity index (χ0v) is 16.6. The first kappa shape index (κ1) is 21.0. The fraction of sp³-hybridized carbons (Fsp3) is 0.200. The van der Waals surface area contributed by atoms with Crippen LogP contribution in [-0.2, 0) is 19.6 Å². The summed E-state index contributed by atoms with van der Waals surface area (Å²) in [6.07, 6.45) is 1.22. The average Bonchev–Trinajstić information content (AvgIpc) is 2.61. The maximum absolute atomic E-state index is 12.6. The number of anilines is 2. The number of rotatable bonds is 7. The van der Waals surface area contributed by atoms with Gasteiger partial charge in [-0.25, -0.2) is 13.2 Å². The molecule has 0 saturated carbocycles. The molecule has 2 aromatic carbocycles. The molecule has 0 unspecified atom stereocenters. The number of hydrogen-bond acceptors (Lipinski definition) is 6. The van der Waals surface area contributed by atoms with E-state index in [0.717, 1.165) is 11.1 Å². The van der Waals surface area contributed by atoms with Crippen LogP contribution in [0.25, 0.3) is 0 Å². The van der Waals surface area contributed by atoms with E-state index in [1.54, 1.807) is 25.1 Å². The quantitative estimate of drug-likeness (QED) is 0.419. The highest BCUT2D eigenvalue weighted by Crippen LogP contribution is 2.20. The van der Waals surface area contributed by atoms with Gasteiger partial charge in [-0.3, -0.25) is 4.72 Å². The van der Waals surface area contributed by atoms with E-state index in [1.807, 2.05) is 19.9 Å². The van der Waals surface area contributed by atoms with Gasteiger partial charge in [0.2, 0.25) is 0 Å². The molecule has 2 N–H and O–H groups in total. The fourth-order valence-corrected chi connectivity index (χ4v) is 3.52. The molecule has 7 nitrogen and oxygen atoms in total. The van der Waals surface area contributed by atoms with Crippen LogP contribution >= 0.6 is 0 Å². The van der Waals surface area contributed by atoms with Gasteiger partial charge in [-0.05, 0) is 68.3 Å². The molecule has 0 aromatic heterocycles. The number of benzene rings is 2. The second-order valence-electron chi connectivity index (χ2n) is 6.04.